The first-order chi connectivity index (χ1) is 17.7. The molecule has 1 aliphatic heterocycles. The van der Waals surface area contributed by atoms with Crippen molar-refractivity contribution in [2.24, 2.45) is 0 Å². The summed E-state index contributed by atoms with van der Waals surface area (Å²) in [5.74, 6) is -1.87. The van der Waals surface area contributed by atoms with E-state index in [-0.39, 0.29) is 17.1 Å². The van der Waals surface area contributed by atoms with Gasteiger partial charge in [-0.25, -0.2) is 13.5 Å². The van der Waals surface area contributed by atoms with Gasteiger partial charge < -0.3 is 20.1 Å². The number of aliphatic hydroxyl groups excluding tert-OH is 3. The molecule has 0 radical (unpaired) electrons. The average Bonchev–Trinajstić information content (AvgIpc) is 3.54. The Morgan fingerprint density at radius 3 is 2.43 bits per heavy atom. The highest BCUT2D eigenvalue weighted by atomic mass is 35.5. The SMILES string of the molecule is OC[C@H]1O[C@@H](c2nncn2-c2cc(Cl)ccc2Cl)[C@H](O)[C@@H](n2cc(-c3cc(F)c(Cl)c(F)c3)nn2)[C@H]1O. The van der Waals surface area contributed by atoms with E-state index in [2.05, 4.69) is 20.5 Å². The zero-order valence-corrected chi connectivity index (χ0v) is 20.7. The molecular formula is C22H17Cl3F2N6O4. The van der Waals surface area contributed by atoms with Gasteiger partial charge in [0.2, 0.25) is 0 Å². The van der Waals surface area contributed by atoms with Gasteiger partial charge in [-0.1, -0.05) is 40.0 Å². The van der Waals surface area contributed by atoms with Crippen molar-refractivity contribution in [2.75, 3.05) is 6.61 Å². The number of aromatic nitrogens is 6. The molecule has 1 aliphatic rings. The number of hydrogen-bond donors (Lipinski definition) is 3. The molecule has 5 rings (SSSR count). The van der Waals surface area contributed by atoms with Gasteiger partial charge in [-0.3, -0.25) is 4.57 Å². The summed E-state index contributed by atoms with van der Waals surface area (Å²) in [5.41, 5.74) is 0.488. The van der Waals surface area contributed by atoms with Crippen LogP contribution in [-0.2, 0) is 4.74 Å². The first kappa shape index (κ1) is 25.9. The van der Waals surface area contributed by atoms with Gasteiger partial charge in [-0.15, -0.1) is 15.3 Å². The number of rotatable bonds is 5. The molecule has 0 saturated carbocycles. The molecule has 0 aliphatic carbocycles. The second-order valence-electron chi connectivity index (χ2n) is 8.24. The van der Waals surface area contributed by atoms with Gasteiger partial charge in [0.1, 0.15) is 59.1 Å². The highest BCUT2D eigenvalue weighted by molar-refractivity contribution is 6.34. The van der Waals surface area contributed by atoms with Crippen molar-refractivity contribution in [1.29, 1.82) is 0 Å². The fourth-order valence-corrected chi connectivity index (χ4v) is 4.66. The first-order valence-electron chi connectivity index (χ1n) is 10.7. The average molecular weight is 574 g/mol. The number of benzene rings is 2. The second-order valence-corrected chi connectivity index (χ2v) is 9.46. The van der Waals surface area contributed by atoms with Gasteiger partial charge in [-0.2, -0.15) is 0 Å². The van der Waals surface area contributed by atoms with Gasteiger partial charge in [0.15, 0.2) is 5.82 Å². The summed E-state index contributed by atoms with van der Waals surface area (Å²) in [6.45, 7) is -0.609. The van der Waals surface area contributed by atoms with Crippen molar-refractivity contribution in [1.82, 2.24) is 29.8 Å². The van der Waals surface area contributed by atoms with Crippen LogP contribution in [0.3, 0.4) is 0 Å². The van der Waals surface area contributed by atoms with Gasteiger partial charge in [0.05, 0.1) is 23.5 Å². The monoisotopic (exact) mass is 572 g/mol. The maximum Gasteiger partial charge on any atom is 0.169 e. The molecule has 3 N–H and O–H groups in total. The van der Waals surface area contributed by atoms with Crippen LogP contribution in [0, 0.1) is 11.6 Å². The standard InChI is InChI=1S/C22H17Cl3F2N6O4/c23-10-1-2-11(24)15(5-10)32-8-28-30-22(32)21-20(36)18(19(35)16(7-34)37-21)33-6-14(29-31-33)9-3-12(26)17(25)13(27)4-9/h1-6,8,16,18-21,34-36H,7H2/t16-,18+,19+,20-,21-/m1/s1. The minimum Gasteiger partial charge on any atom is -0.394 e. The Hall–Kier alpha value is -2.71. The van der Waals surface area contributed by atoms with Crippen LogP contribution in [0.4, 0.5) is 8.78 Å². The molecule has 10 nitrogen and oxygen atoms in total. The first-order valence-corrected chi connectivity index (χ1v) is 11.9. The molecule has 0 amide bonds. The quantitative estimate of drug-likeness (QED) is 0.310. The third-order valence-electron chi connectivity index (χ3n) is 5.98. The summed E-state index contributed by atoms with van der Waals surface area (Å²) in [7, 11) is 0. The van der Waals surface area contributed by atoms with E-state index in [0.29, 0.717) is 15.7 Å². The summed E-state index contributed by atoms with van der Waals surface area (Å²) in [6, 6.07) is 5.48. The molecule has 1 fully saturated rings. The van der Waals surface area contributed by atoms with Crippen LogP contribution in [0.25, 0.3) is 16.9 Å². The normalized spacial score (nSPS) is 23.9. The highest BCUT2D eigenvalue weighted by Crippen LogP contribution is 2.39. The molecule has 0 unspecified atom stereocenters. The lowest BCUT2D eigenvalue weighted by Gasteiger charge is -2.41. The number of nitrogens with zero attached hydrogens (tertiary/aromatic N) is 6. The van der Waals surface area contributed by atoms with Crippen molar-refractivity contribution in [2.45, 2.75) is 30.5 Å². The van der Waals surface area contributed by atoms with Crippen molar-refractivity contribution in [3.8, 4) is 16.9 Å². The Labute approximate surface area is 222 Å². The number of hydrogen-bond acceptors (Lipinski definition) is 8. The maximum absolute atomic E-state index is 14.0. The molecule has 3 heterocycles. The van der Waals surface area contributed by atoms with Crippen LogP contribution in [-0.4, -0.2) is 70.0 Å². The van der Waals surface area contributed by atoms with E-state index in [4.69, 9.17) is 39.5 Å². The predicted octanol–water partition coefficient (Wildman–Crippen LogP) is 3.16. The van der Waals surface area contributed by atoms with Crippen LogP contribution in [0.2, 0.25) is 15.1 Å². The van der Waals surface area contributed by atoms with E-state index in [0.717, 1.165) is 16.8 Å². The van der Waals surface area contributed by atoms with E-state index < -0.39 is 53.7 Å². The van der Waals surface area contributed by atoms with Crippen LogP contribution in [0.5, 0.6) is 0 Å². The molecule has 15 heteroatoms. The summed E-state index contributed by atoms with van der Waals surface area (Å²) in [4.78, 5) is 0. The maximum atomic E-state index is 14.0. The Bertz CT molecular complexity index is 1430. The lowest BCUT2D eigenvalue weighted by Crippen LogP contribution is -2.53. The van der Waals surface area contributed by atoms with E-state index in [9.17, 15) is 24.1 Å². The van der Waals surface area contributed by atoms with Crippen LogP contribution >= 0.6 is 34.8 Å². The van der Waals surface area contributed by atoms with Crippen molar-refractivity contribution < 1.29 is 28.8 Å². The highest BCUT2D eigenvalue weighted by Gasteiger charge is 2.48. The third-order valence-corrected chi connectivity index (χ3v) is 6.90. The lowest BCUT2D eigenvalue weighted by atomic mass is 9.92. The summed E-state index contributed by atoms with van der Waals surface area (Å²) in [5, 5.41) is 47.9. The van der Waals surface area contributed by atoms with Crippen LogP contribution < -0.4 is 0 Å². The molecular weight excluding hydrogens is 557 g/mol. The van der Waals surface area contributed by atoms with Gasteiger partial charge in [-0.05, 0) is 30.3 Å². The summed E-state index contributed by atoms with van der Waals surface area (Å²) in [6.07, 6.45) is -2.71. The Balaban J connectivity index is 1.53. The smallest absolute Gasteiger partial charge is 0.169 e. The van der Waals surface area contributed by atoms with Gasteiger partial charge in [0, 0.05) is 10.6 Å². The molecule has 0 bridgehead atoms. The molecule has 37 heavy (non-hydrogen) atoms. The molecule has 194 valence electrons. The van der Waals surface area contributed by atoms with Crippen molar-refractivity contribution in [3.05, 3.63) is 75.4 Å². The minimum atomic E-state index is -1.49. The Morgan fingerprint density at radius 1 is 1.00 bits per heavy atom. The van der Waals surface area contributed by atoms with E-state index in [1.54, 1.807) is 18.2 Å². The zero-order chi connectivity index (χ0) is 26.4. The lowest BCUT2D eigenvalue weighted by molar-refractivity contribution is -0.210. The molecule has 4 aromatic rings. The second kappa shape index (κ2) is 10.2. The number of aliphatic hydroxyl groups is 3. The van der Waals surface area contributed by atoms with Crippen LogP contribution in [0.15, 0.2) is 42.9 Å². The van der Waals surface area contributed by atoms with Crippen LogP contribution in [0.1, 0.15) is 18.0 Å². The topological polar surface area (TPSA) is 131 Å². The molecule has 1 saturated heterocycles. The van der Waals surface area contributed by atoms with Crippen molar-refractivity contribution >= 4 is 34.8 Å². The third kappa shape index (κ3) is 4.70. The van der Waals surface area contributed by atoms with Crippen molar-refractivity contribution in [3.63, 3.8) is 0 Å². The predicted molar refractivity (Wildman–Crippen MR) is 128 cm³/mol. The van der Waals surface area contributed by atoms with E-state index in [1.165, 1.54) is 17.1 Å². The molecule has 2 aromatic carbocycles. The zero-order valence-electron chi connectivity index (χ0n) is 18.5. The van der Waals surface area contributed by atoms with Gasteiger partial charge in [0.25, 0.3) is 0 Å². The fourth-order valence-electron chi connectivity index (χ4n) is 4.18. The minimum absolute atomic E-state index is 0.0345. The molecule has 2 aromatic heterocycles. The molecule has 0 spiro atoms. The number of ether oxygens (including phenoxy) is 1. The largest absolute Gasteiger partial charge is 0.394 e. The Kier molecular flexibility index (Phi) is 7.16. The fraction of sp³-hybridized carbons (Fsp3) is 0.273. The Morgan fingerprint density at radius 2 is 1.73 bits per heavy atom. The van der Waals surface area contributed by atoms with E-state index >= 15 is 0 Å². The summed E-state index contributed by atoms with van der Waals surface area (Å²) >= 11 is 18.0. The summed E-state index contributed by atoms with van der Waals surface area (Å²) < 4.78 is 36.3. The van der Waals surface area contributed by atoms with E-state index in [1.807, 2.05) is 0 Å². The molecule has 5 atom stereocenters. The number of halogens is 5. The van der Waals surface area contributed by atoms with Gasteiger partial charge >= 0.3 is 0 Å².